The molecule has 2 aliphatic heterocycles. The van der Waals surface area contributed by atoms with Gasteiger partial charge in [0.25, 0.3) is 10.0 Å². The van der Waals surface area contributed by atoms with Crippen molar-refractivity contribution in [2.75, 3.05) is 4.31 Å². The third-order valence-electron chi connectivity index (χ3n) is 6.86. The Kier molecular flexibility index (Phi) is 4.79. The summed E-state index contributed by atoms with van der Waals surface area (Å²) in [7, 11) is -3.75. The molecule has 158 valence electrons. The van der Waals surface area contributed by atoms with Gasteiger partial charge in [0.1, 0.15) is 5.60 Å². The predicted octanol–water partition coefficient (Wildman–Crippen LogP) is 5.82. The molecule has 2 aromatic rings. The molecule has 2 atom stereocenters. The first-order valence-corrected chi connectivity index (χ1v) is 12.5. The number of anilines is 1. The summed E-state index contributed by atoms with van der Waals surface area (Å²) in [5.74, 6) is 0. The zero-order valence-electron chi connectivity index (χ0n) is 17.7. The van der Waals surface area contributed by atoms with Gasteiger partial charge in [-0.2, -0.15) is 0 Å². The summed E-state index contributed by atoms with van der Waals surface area (Å²) >= 11 is 0. The number of benzene rings is 2. The molecule has 1 aliphatic carbocycles. The lowest BCUT2D eigenvalue weighted by atomic mass is 9.76. The summed E-state index contributed by atoms with van der Waals surface area (Å²) in [5, 5.41) is 0. The fourth-order valence-corrected chi connectivity index (χ4v) is 6.94. The van der Waals surface area contributed by atoms with Crippen LogP contribution in [0, 0.1) is 6.92 Å². The summed E-state index contributed by atoms with van der Waals surface area (Å²) in [5.41, 5.74) is 4.91. The van der Waals surface area contributed by atoms with Crippen molar-refractivity contribution < 1.29 is 13.2 Å². The van der Waals surface area contributed by atoms with Gasteiger partial charge in [-0.1, -0.05) is 55.7 Å². The van der Waals surface area contributed by atoms with Crippen LogP contribution in [-0.2, 0) is 20.4 Å². The van der Waals surface area contributed by atoms with Crippen LogP contribution in [0.1, 0.15) is 63.0 Å². The number of sulfonamides is 1. The Morgan fingerprint density at radius 3 is 2.57 bits per heavy atom. The van der Waals surface area contributed by atoms with Gasteiger partial charge >= 0.3 is 0 Å². The van der Waals surface area contributed by atoms with E-state index in [2.05, 4.69) is 13.0 Å². The van der Waals surface area contributed by atoms with Crippen molar-refractivity contribution in [3.05, 3.63) is 70.8 Å². The minimum absolute atomic E-state index is 0.317. The maximum atomic E-state index is 13.9. The lowest BCUT2D eigenvalue weighted by Crippen LogP contribution is -2.48. The van der Waals surface area contributed by atoms with E-state index in [1.807, 2.05) is 37.3 Å². The first-order valence-electron chi connectivity index (χ1n) is 11.1. The van der Waals surface area contributed by atoms with Crippen LogP contribution in [0.25, 0.3) is 0 Å². The highest BCUT2D eigenvalue weighted by molar-refractivity contribution is 7.92. The third kappa shape index (κ3) is 2.78. The van der Waals surface area contributed by atoms with Crippen molar-refractivity contribution in [3.8, 4) is 0 Å². The van der Waals surface area contributed by atoms with E-state index in [9.17, 15) is 8.42 Å². The maximum absolute atomic E-state index is 13.9. The van der Waals surface area contributed by atoms with Crippen LogP contribution in [0.4, 0.5) is 5.69 Å². The third-order valence-corrected chi connectivity index (χ3v) is 8.63. The largest absolute Gasteiger partial charge is 0.338 e. The summed E-state index contributed by atoms with van der Waals surface area (Å²) in [6, 6.07) is 15.1. The van der Waals surface area contributed by atoms with Crippen molar-refractivity contribution in [1.29, 1.82) is 0 Å². The maximum Gasteiger partial charge on any atom is 0.266 e. The number of hydrogen-bond acceptors (Lipinski definition) is 3. The molecule has 5 rings (SSSR count). The van der Waals surface area contributed by atoms with Crippen LogP contribution < -0.4 is 4.31 Å². The van der Waals surface area contributed by atoms with Crippen LogP contribution in [0.5, 0.6) is 0 Å². The Hall–Kier alpha value is -2.11. The highest BCUT2D eigenvalue weighted by Gasteiger charge is 2.56. The summed E-state index contributed by atoms with van der Waals surface area (Å²) in [4.78, 5) is 0.317. The second kappa shape index (κ2) is 7.24. The van der Waals surface area contributed by atoms with Gasteiger partial charge in [-0.05, 0) is 68.4 Å². The van der Waals surface area contributed by atoms with Crippen LogP contribution in [0.15, 0.2) is 64.6 Å². The second-order valence-electron chi connectivity index (χ2n) is 8.74. The molecule has 0 radical (unpaired) electrons. The average molecular weight is 424 g/mol. The standard InChI is InChI=1S/C25H29NO3S/c1-3-4-17-25-21-10-6-5-9-20(21)24(29-25)26(23-12-8-7-11-22(23)25)30(27,28)19-15-13-18(2)14-16-19/h7-8,11-16,24H,3-6,9-10,17H2,1-2H3. The van der Waals surface area contributed by atoms with E-state index in [4.69, 9.17) is 4.74 Å². The van der Waals surface area contributed by atoms with Crippen LogP contribution in [0.3, 0.4) is 0 Å². The molecule has 5 heteroatoms. The lowest BCUT2D eigenvalue weighted by molar-refractivity contribution is -0.0474. The Labute approximate surface area is 179 Å². The average Bonchev–Trinajstić information content (AvgIpc) is 3.04. The quantitative estimate of drug-likeness (QED) is 0.570. The second-order valence-corrected chi connectivity index (χ2v) is 10.6. The van der Waals surface area contributed by atoms with Gasteiger partial charge in [0.05, 0.1) is 10.6 Å². The van der Waals surface area contributed by atoms with E-state index >= 15 is 0 Å². The fourth-order valence-electron chi connectivity index (χ4n) is 5.39. The van der Waals surface area contributed by atoms with Gasteiger partial charge in [-0.15, -0.1) is 0 Å². The first kappa shape index (κ1) is 19.8. The fraction of sp³-hybridized carbons (Fsp3) is 0.440. The zero-order valence-corrected chi connectivity index (χ0v) is 18.5. The SMILES string of the molecule is CCCCC12OC(C3=C1CCCC3)N(S(=O)(=O)c1ccc(C)cc1)c1ccccc12. The number of para-hydroxylation sites is 1. The zero-order chi connectivity index (χ0) is 20.9. The predicted molar refractivity (Wildman–Crippen MR) is 119 cm³/mol. The molecule has 2 unspecified atom stereocenters. The molecule has 4 nitrogen and oxygen atoms in total. The Morgan fingerprint density at radius 2 is 1.80 bits per heavy atom. The van der Waals surface area contributed by atoms with Gasteiger partial charge in [0.15, 0.2) is 6.23 Å². The molecule has 2 heterocycles. The van der Waals surface area contributed by atoms with Crippen LogP contribution >= 0.6 is 0 Å². The highest BCUT2D eigenvalue weighted by Crippen LogP contribution is 2.59. The highest BCUT2D eigenvalue weighted by atomic mass is 32.2. The summed E-state index contributed by atoms with van der Waals surface area (Å²) in [6.07, 6.45) is 6.69. The molecule has 0 aromatic heterocycles. The van der Waals surface area contributed by atoms with E-state index < -0.39 is 21.9 Å². The summed E-state index contributed by atoms with van der Waals surface area (Å²) in [6.45, 7) is 4.16. The number of nitrogens with zero attached hydrogens (tertiary/aromatic N) is 1. The van der Waals surface area contributed by atoms with E-state index in [1.54, 1.807) is 16.4 Å². The van der Waals surface area contributed by atoms with E-state index in [-0.39, 0.29) is 0 Å². The van der Waals surface area contributed by atoms with Gasteiger partial charge in [-0.3, -0.25) is 0 Å². The first-order chi connectivity index (χ1) is 14.5. The molecule has 0 fully saturated rings. The smallest absolute Gasteiger partial charge is 0.266 e. The Balaban J connectivity index is 1.72. The number of unbranched alkanes of at least 4 members (excludes halogenated alkanes) is 1. The van der Waals surface area contributed by atoms with E-state index in [0.717, 1.165) is 61.8 Å². The lowest BCUT2D eigenvalue weighted by Gasteiger charge is -2.43. The van der Waals surface area contributed by atoms with E-state index in [1.165, 1.54) is 11.1 Å². The molecule has 0 amide bonds. The molecular formula is C25H29NO3S. The molecule has 2 bridgehead atoms. The summed E-state index contributed by atoms with van der Waals surface area (Å²) < 4.78 is 36.1. The number of aryl methyl sites for hydroxylation is 1. The molecule has 2 aromatic carbocycles. The van der Waals surface area contributed by atoms with Crippen molar-refractivity contribution in [1.82, 2.24) is 0 Å². The number of hydrogen-bond donors (Lipinski definition) is 0. The van der Waals surface area contributed by atoms with Gasteiger partial charge < -0.3 is 4.74 Å². The number of fused-ring (bicyclic) bond motifs is 2. The topological polar surface area (TPSA) is 46.6 Å². The van der Waals surface area contributed by atoms with Crippen molar-refractivity contribution in [2.45, 2.75) is 75.5 Å². The van der Waals surface area contributed by atoms with Gasteiger partial charge in [0.2, 0.25) is 0 Å². The molecular weight excluding hydrogens is 394 g/mol. The number of ether oxygens (including phenoxy) is 1. The molecule has 0 N–H and O–H groups in total. The molecule has 0 spiro atoms. The molecule has 3 aliphatic rings. The normalized spacial score (nSPS) is 25.3. The van der Waals surface area contributed by atoms with Gasteiger partial charge in [-0.25, -0.2) is 12.7 Å². The van der Waals surface area contributed by atoms with Gasteiger partial charge in [0, 0.05) is 5.56 Å². The molecule has 0 saturated heterocycles. The minimum atomic E-state index is -3.75. The van der Waals surface area contributed by atoms with Crippen molar-refractivity contribution in [2.24, 2.45) is 0 Å². The van der Waals surface area contributed by atoms with Crippen LogP contribution in [0.2, 0.25) is 0 Å². The van der Waals surface area contributed by atoms with Crippen LogP contribution in [-0.4, -0.2) is 14.6 Å². The van der Waals surface area contributed by atoms with Crippen molar-refractivity contribution >= 4 is 15.7 Å². The molecule has 30 heavy (non-hydrogen) atoms. The monoisotopic (exact) mass is 423 g/mol. The van der Waals surface area contributed by atoms with E-state index in [0.29, 0.717) is 4.90 Å². The Morgan fingerprint density at radius 1 is 1.07 bits per heavy atom. The Bertz CT molecular complexity index is 1100. The molecule has 0 saturated carbocycles. The van der Waals surface area contributed by atoms with Crippen molar-refractivity contribution in [3.63, 3.8) is 0 Å². The number of rotatable bonds is 5. The minimum Gasteiger partial charge on any atom is -0.338 e.